The number of fused-ring (bicyclic) bond motifs is 1. The molecule has 0 atom stereocenters. The van der Waals surface area contributed by atoms with Crippen molar-refractivity contribution in [2.45, 2.75) is 13.5 Å². The Kier molecular flexibility index (Phi) is 5.58. The molecule has 0 saturated carbocycles. The van der Waals surface area contributed by atoms with E-state index in [2.05, 4.69) is 28.5 Å². The Hall–Kier alpha value is -1.16. The van der Waals surface area contributed by atoms with E-state index in [0.29, 0.717) is 19.1 Å². The van der Waals surface area contributed by atoms with Gasteiger partial charge in [-0.2, -0.15) is 0 Å². The number of nitrogens with zero attached hydrogens (tertiary/aromatic N) is 1. The lowest BCUT2D eigenvalue weighted by molar-refractivity contribution is 0.151. The number of halogens is 1. The smallest absolute Gasteiger partial charge is 0.0708 e. The van der Waals surface area contributed by atoms with Crippen molar-refractivity contribution in [2.75, 3.05) is 25.6 Å². The van der Waals surface area contributed by atoms with Crippen LogP contribution in [0.4, 0.5) is 0 Å². The summed E-state index contributed by atoms with van der Waals surface area (Å²) in [6, 6.07) is 10.4. The molecule has 0 fully saturated rings. The maximum absolute atomic E-state index is 5.54. The van der Waals surface area contributed by atoms with Gasteiger partial charge in [0.2, 0.25) is 0 Å². The number of pyridine rings is 1. The lowest BCUT2D eigenvalue weighted by atomic mass is 10.1. The van der Waals surface area contributed by atoms with Crippen LogP contribution in [-0.4, -0.2) is 30.6 Å². The van der Waals surface area contributed by atoms with Crippen molar-refractivity contribution in [3.8, 4) is 0 Å². The molecule has 0 aliphatic carbocycles. The van der Waals surface area contributed by atoms with Gasteiger partial charge in [0.15, 0.2) is 0 Å². The third-order valence-electron chi connectivity index (χ3n) is 2.89. The van der Waals surface area contributed by atoms with E-state index in [4.69, 9.17) is 16.3 Å². The van der Waals surface area contributed by atoms with Gasteiger partial charge in [-0.15, -0.1) is 11.6 Å². The Morgan fingerprint density at radius 2 is 2.11 bits per heavy atom. The Balaban J connectivity index is 1.96. The van der Waals surface area contributed by atoms with Crippen LogP contribution < -0.4 is 5.32 Å². The van der Waals surface area contributed by atoms with Crippen molar-refractivity contribution in [1.29, 1.82) is 0 Å². The Labute approximate surface area is 118 Å². The molecule has 3 nitrogen and oxygen atoms in total. The fourth-order valence-electron chi connectivity index (χ4n) is 2.07. The van der Waals surface area contributed by atoms with Gasteiger partial charge in [0.25, 0.3) is 0 Å². The molecule has 0 amide bonds. The Morgan fingerprint density at radius 1 is 1.26 bits per heavy atom. The van der Waals surface area contributed by atoms with Gasteiger partial charge >= 0.3 is 0 Å². The molecule has 0 spiro atoms. The van der Waals surface area contributed by atoms with Crippen LogP contribution >= 0.6 is 11.6 Å². The summed E-state index contributed by atoms with van der Waals surface area (Å²) < 4.78 is 5.33. The first-order valence-electron chi connectivity index (χ1n) is 6.51. The summed E-state index contributed by atoms with van der Waals surface area (Å²) >= 11 is 5.54. The molecule has 0 radical (unpaired) electrons. The first-order chi connectivity index (χ1) is 9.31. The van der Waals surface area contributed by atoms with Crippen molar-refractivity contribution >= 4 is 22.5 Å². The molecule has 4 heteroatoms. The summed E-state index contributed by atoms with van der Waals surface area (Å²) in [6.45, 7) is 4.98. The van der Waals surface area contributed by atoms with Gasteiger partial charge < -0.3 is 10.1 Å². The largest absolute Gasteiger partial charge is 0.379 e. The number of rotatable bonds is 7. The quantitative estimate of drug-likeness (QED) is 0.625. The Morgan fingerprint density at radius 3 is 2.95 bits per heavy atom. The van der Waals surface area contributed by atoms with Crippen molar-refractivity contribution in [3.05, 3.63) is 41.6 Å². The number of hydrogen-bond donors (Lipinski definition) is 1. The highest BCUT2D eigenvalue weighted by atomic mass is 35.5. The molecule has 0 saturated heterocycles. The average molecular weight is 279 g/mol. The van der Waals surface area contributed by atoms with Crippen LogP contribution in [0.2, 0.25) is 0 Å². The van der Waals surface area contributed by atoms with E-state index in [0.717, 1.165) is 24.3 Å². The monoisotopic (exact) mass is 278 g/mol. The molecular formula is C15H19ClN2O. The van der Waals surface area contributed by atoms with Gasteiger partial charge in [0.1, 0.15) is 0 Å². The van der Waals surface area contributed by atoms with Crippen LogP contribution in [0, 0.1) is 6.92 Å². The normalized spacial score (nSPS) is 11.1. The first-order valence-corrected chi connectivity index (χ1v) is 7.04. The number of aromatic nitrogens is 1. The molecule has 1 N–H and O–H groups in total. The highest BCUT2D eigenvalue weighted by Crippen LogP contribution is 2.17. The third-order valence-corrected chi connectivity index (χ3v) is 3.04. The SMILES string of the molecule is Cc1cc(CNCCOCCCl)c2ccccc2n1. The van der Waals surface area contributed by atoms with Crippen LogP contribution in [0.3, 0.4) is 0 Å². The minimum Gasteiger partial charge on any atom is -0.379 e. The van der Waals surface area contributed by atoms with Crippen molar-refractivity contribution in [3.63, 3.8) is 0 Å². The standard InChI is InChI=1S/C15H19ClN2O/c1-12-10-13(11-17-7-9-19-8-6-16)14-4-2-3-5-15(14)18-12/h2-5,10,17H,6-9,11H2,1H3. The van der Waals surface area contributed by atoms with Gasteiger partial charge in [-0.1, -0.05) is 18.2 Å². The van der Waals surface area contributed by atoms with Crippen molar-refractivity contribution in [2.24, 2.45) is 0 Å². The fourth-order valence-corrected chi connectivity index (χ4v) is 2.17. The zero-order valence-electron chi connectivity index (χ0n) is 11.2. The second-order valence-corrected chi connectivity index (χ2v) is 4.80. The summed E-state index contributed by atoms with van der Waals surface area (Å²) in [5, 5.41) is 4.59. The number of benzene rings is 1. The highest BCUT2D eigenvalue weighted by molar-refractivity contribution is 6.17. The van der Waals surface area contributed by atoms with Crippen molar-refractivity contribution < 1.29 is 4.74 Å². The van der Waals surface area contributed by atoms with Gasteiger partial charge in [0.05, 0.1) is 18.7 Å². The van der Waals surface area contributed by atoms with E-state index < -0.39 is 0 Å². The second kappa shape index (κ2) is 7.43. The maximum atomic E-state index is 5.54. The molecule has 0 aliphatic rings. The predicted molar refractivity (Wildman–Crippen MR) is 79.7 cm³/mol. The summed E-state index contributed by atoms with van der Waals surface area (Å²) in [7, 11) is 0. The zero-order chi connectivity index (χ0) is 13.5. The number of ether oxygens (including phenoxy) is 1. The lowest BCUT2D eigenvalue weighted by Crippen LogP contribution is -2.20. The molecule has 102 valence electrons. The molecule has 2 aromatic rings. The molecule has 19 heavy (non-hydrogen) atoms. The third kappa shape index (κ3) is 4.16. The summed E-state index contributed by atoms with van der Waals surface area (Å²) in [5.41, 5.74) is 3.38. The topological polar surface area (TPSA) is 34.1 Å². The minimum absolute atomic E-state index is 0.550. The van der Waals surface area contributed by atoms with Crippen LogP contribution in [0.15, 0.2) is 30.3 Å². The van der Waals surface area contributed by atoms with E-state index >= 15 is 0 Å². The minimum atomic E-state index is 0.550. The number of alkyl halides is 1. The van der Waals surface area contributed by atoms with Gasteiger partial charge in [-0.3, -0.25) is 4.98 Å². The van der Waals surface area contributed by atoms with Crippen LogP contribution in [0.1, 0.15) is 11.3 Å². The van der Waals surface area contributed by atoms with E-state index in [1.165, 1.54) is 10.9 Å². The second-order valence-electron chi connectivity index (χ2n) is 4.42. The molecule has 1 aromatic carbocycles. The maximum Gasteiger partial charge on any atom is 0.0708 e. The van der Waals surface area contributed by atoms with Gasteiger partial charge in [-0.25, -0.2) is 0 Å². The first kappa shape index (κ1) is 14.3. The van der Waals surface area contributed by atoms with Crippen LogP contribution in [-0.2, 0) is 11.3 Å². The Bertz CT molecular complexity index is 531. The lowest BCUT2D eigenvalue weighted by Gasteiger charge is -2.09. The number of aryl methyl sites for hydroxylation is 1. The summed E-state index contributed by atoms with van der Waals surface area (Å²) in [4.78, 5) is 4.54. The van der Waals surface area contributed by atoms with Gasteiger partial charge in [0, 0.05) is 30.0 Å². The highest BCUT2D eigenvalue weighted by Gasteiger charge is 2.02. The summed E-state index contributed by atoms with van der Waals surface area (Å²) in [6.07, 6.45) is 0. The van der Waals surface area contributed by atoms with Gasteiger partial charge in [-0.05, 0) is 24.6 Å². The molecular weight excluding hydrogens is 260 g/mol. The summed E-state index contributed by atoms with van der Waals surface area (Å²) in [5.74, 6) is 0.550. The van der Waals surface area contributed by atoms with E-state index in [1.807, 2.05) is 19.1 Å². The molecule has 0 unspecified atom stereocenters. The average Bonchev–Trinajstić information content (AvgIpc) is 2.42. The molecule has 1 heterocycles. The van der Waals surface area contributed by atoms with Crippen molar-refractivity contribution in [1.82, 2.24) is 10.3 Å². The molecule has 0 aliphatic heterocycles. The number of para-hydroxylation sites is 1. The van der Waals surface area contributed by atoms with E-state index in [-0.39, 0.29) is 0 Å². The molecule has 1 aromatic heterocycles. The van der Waals surface area contributed by atoms with Crippen LogP contribution in [0.25, 0.3) is 10.9 Å². The number of hydrogen-bond acceptors (Lipinski definition) is 3. The van der Waals surface area contributed by atoms with E-state index in [9.17, 15) is 0 Å². The molecule has 2 rings (SSSR count). The van der Waals surface area contributed by atoms with E-state index in [1.54, 1.807) is 0 Å². The molecule has 0 bridgehead atoms. The fraction of sp³-hybridized carbons (Fsp3) is 0.400. The zero-order valence-corrected chi connectivity index (χ0v) is 11.9. The van der Waals surface area contributed by atoms with Crippen LogP contribution in [0.5, 0.6) is 0 Å². The number of nitrogens with one attached hydrogen (secondary N) is 1. The predicted octanol–water partition coefficient (Wildman–Crippen LogP) is 2.89.